The molecule has 1 atom stereocenters. The number of amides is 2. The summed E-state index contributed by atoms with van der Waals surface area (Å²) >= 11 is 0. The van der Waals surface area contributed by atoms with Gasteiger partial charge in [-0.1, -0.05) is 12.1 Å². The number of hydrogen-bond acceptors (Lipinski definition) is 4. The third-order valence-corrected chi connectivity index (χ3v) is 3.40. The van der Waals surface area contributed by atoms with E-state index in [1.165, 1.54) is 6.07 Å². The number of phenols is 1. The largest absolute Gasteiger partial charge is 0.507 e. The Bertz CT molecular complexity index is 514. The predicted octanol–water partition coefficient (Wildman–Crippen LogP) is 0.446. The maximum Gasteiger partial charge on any atom is 0.257 e. The molecule has 2 rings (SSSR count). The SMILES string of the molecule is C[C@H](N)C(=O)N1CCN(C(=O)c2ccccc2O)CC1.Cl. The Balaban J connectivity index is 0.00000220. The fourth-order valence-corrected chi connectivity index (χ4v) is 2.24. The molecule has 0 bridgehead atoms. The van der Waals surface area contributed by atoms with Gasteiger partial charge in [-0.05, 0) is 19.1 Å². The number of aromatic hydroxyl groups is 1. The molecule has 7 heteroatoms. The fraction of sp³-hybridized carbons (Fsp3) is 0.429. The van der Waals surface area contributed by atoms with Gasteiger partial charge in [-0.15, -0.1) is 12.4 Å². The van der Waals surface area contributed by atoms with Gasteiger partial charge in [0.2, 0.25) is 5.91 Å². The topological polar surface area (TPSA) is 86.9 Å². The summed E-state index contributed by atoms with van der Waals surface area (Å²) < 4.78 is 0. The van der Waals surface area contributed by atoms with Crippen molar-refractivity contribution in [2.75, 3.05) is 26.2 Å². The van der Waals surface area contributed by atoms with Crippen LogP contribution >= 0.6 is 12.4 Å². The first-order valence-electron chi connectivity index (χ1n) is 6.62. The Hall–Kier alpha value is -1.79. The van der Waals surface area contributed by atoms with Crippen LogP contribution in [-0.4, -0.2) is 58.9 Å². The van der Waals surface area contributed by atoms with E-state index in [-0.39, 0.29) is 30.0 Å². The first-order valence-corrected chi connectivity index (χ1v) is 6.62. The highest BCUT2D eigenvalue weighted by atomic mass is 35.5. The van der Waals surface area contributed by atoms with Crippen molar-refractivity contribution in [1.82, 2.24) is 9.80 Å². The molecule has 0 aromatic heterocycles. The molecule has 116 valence electrons. The summed E-state index contributed by atoms with van der Waals surface area (Å²) in [6, 6.07) is 5.95. The van der Waals surface area contributed by atoms with Crippen molar-refractivity contribution in [3.8, 4) is 5.75 Å². The molecule has 1 aliphatic rings. The number of phenolic OH excluding ortho intramolecular Hbond substituents is 1. The van der Waals surface area contributed by atoms with Crippen molar-refractivity contribution in [2.45, 2.75) is 13.0 Å². The lowest BCUT2D eigenvalue weighted by atomic mass is 10.1. The summed E-state index contributed by atoms with van der Waals surface area (Å²) in [6.45, 7) is 3.50. The van der Waals surface area contributed by atoms with Crippen LogP contribution in [0.25, 0.3) is 0 Å². The quantitative estimate of drug-likeness (QED) is 0.830. The van der Waals surface area contributed by atoms with Crippen molar-refractivity contribution < 1.29 is 14.7 Å². The van der Waals surface area contributed by atoms with Crippen LogP contribution in [0.1, 0.15) is 17.3 Å². The summed E-state index contributed by atoms with van der Waals surface area (Å²) in [5, 5.41) is 9.70. The van der Waals surface area contributed by atoms with Gasteiger partial charge in [0.25, 0.3) is 5.91 Å². The molecule has 1 saturated heterocycles. The van der Waals surface area contributed by atoms with Crippen LogP contribution in [0.2, 0.25) is 0 Å². The lowest BCUT2D eigenvalue weighted by molar-refractivity contribution is -0.133. The van der Waals surface area contributed by atoms with Crippen LogP contribution < -0.4 is 5.73 Å². The van der Waals surface area contributed by atoms with E-state index < -0.39 is 6.04 Å². The van der Waals surface area contributed by atoms with Gasteiger partial charge >= 0.3 is 0 Å². The first-order chi connectivity index (χ1) is 9.50. The Morgan fingerprint density at radius 1 is 1.14 bits per heavy atom. The van der Waals surface area contributed by atoms with Crippen LogP contribution in [-0.2, 0) is 4.79 Å². The van der Waals surface area contributed by atoms with E-state index in [0.717, 1.165) is 0 Å². The minimum atomic E-state index is -0.518. The molecule has 2 amide bonds. The summed E-state index contributed by atoms with van der Waals surface area (Å²) in [5.74, 6) is -0.331. The zero-order valence-electron chi connectivity index (χ0n) is 11.9. The van der Waals surface area contributed by atoms with E-state index in [4.69, 9.17) is 5.73 Å². The van der Waals surface area contributed by atoms with E-state index in [0.29, 0.717) is 31.7 Å². The van der Waals surface area contributed by atoms with Crippen LogP contribution in [0, 0.1) is 0 Å². The molecular weight excluding hydrogens is 294 g/mol. The maximum atomic E-state index is 12.3. The van der Waals surface area contributed by atoms with Crippen molar-refractivity contribution in [2.24, 2.45) is 5.73 Å². The molecule has 1 aromatic carbocycles. The highest BCUT2D eigenvalue weighted by molar-refractivity contribution is 5.97. The van der Waals surface area contributed by atoms with Crippen LogP contribution in [0.3, 0.4) is 0 Å². The number of hydrogen-bond donors (Lipinski definition) is 2. The Morgan fingerprint density at radius 3 is 2.19 bits per heavy atom. The lowest BCUT2D eigenvalue weighted by Gasteiger charge is -2.35. The van der Waals surface area contributed by atoms with Crippen molar-refractivity contribution in [1.29, 1.82) is 0 Å². The van der Waals surface area contributed by atoms with Crippen LogP contribution in [0.15, 0.2) is 24.3 Å². The standard InChI is InChI=1S/C14H19N3O3.ClH/c1-10(15)13(19)16-6-8-17(9-7-16)14(20)11-4-2-3-5-12(11)18;/h2-5,10,18H,6-9,15H2,1H3;1H/t10-;/m0./s1. The second-order valence-corrected chi connectivity index (χ2v) is 4.92. The highest BCUT2D eigenvalue weighted by Gasteiger charge is 2.26. The maximum absolute atomic E-state index is 12.3. The summed E-state index contributed by atoms with van der Waals surface area (Å²) in [6.07, 6.45) is 0. The van der Waals surface area contributed by atoms with Gasteiger partial charge in [0.15, 0.2) is 0 Å². The molecule has 1 fully saturated rings. The average Bonchev–Trinajstić information content (AvgIpc) is 2.46. The number of para-hydroxylation sites is 1. The summed E-state index contributed by atoms with van der Waals surface area (Å²) in [5.41, 5.74) is 5.86. The number of halogens is 1. The molecule has 0 unspecified atom stereocenters. The molecule has 3 N–H and O–H groups in total. The van der Waals surface area contributed by atoms with Gasteiger partial charge in [0.05, 0.1) is 11.6 Å². The van der Waals surface area contributed by atoms with E-state index in [2.05, 4.69) is 0 Å². The normalized spacial score (nSPS) is 16.1. The number of rotatable bonds is 2. The van der Waals surface area contributed by atoms with Gasteiger partial charge in [-0.2, -0.15) is 0 Å². The van der Waals surface area contributed by atoms with Crippen molar-refractivity contribution in [3.63, 3.8) is 0 Å². The zero-order valence-corrected chi connectivity index (χ0v) is 12.7. The second-order valence-electron chi connectivity index (χ2n) is 4.92. The molecule has 21 heavy (non-hydrogen) atoms. The predicted molar refractivity (Wildman–Crippen MR) is 81.5 cm³/mol. The average molecular weight is 314 g/mol. The van der Waals surface area contributed by atoms with Gasteiger partial charge < -0.3 is 20.6 Å². The van der Waals surface area contributed by atoms with Crippen LogP contribution in [0.5, 0.6) is 5.75 Å². The van der Waals surface area contributed by atoms with E-state index in [1.54, 1.807) is 34.9 Å². The number of nitrogens with two attached hydrogens (primary N) is 1. The molecule has 1 aromatic rings. The fourth-order valence-electron chi connectivity index (χ4n) is 2.24. The third kappa shape index (κ3) is 3.86. The molecule has 6 nitrogen and oxygen atoms in total. The molecular formula is C14H20ClN3O3. The monoisotopic (exact) mass is 313 g/mol. The zero-order chi connectivity index (χ0) is 14.7. The van der Waals surface area contributed by atoms with Gasteiger partial charge in [0, 0.05) is 26.2 Å². The first kappa shape index (κ1) is 17.3. The van der Waals surface area contributed by atoms with Gasteiger partial charge in [0.1, 0.15) is 5.75 Å². The smallest absolute Gasteiger partial charge is 0.257 e. The number of carbonyl (C=O) groups excluding carboxylic acids is 2. The van der Waals surface area contributed by atoms with Crippen molar-refractivity contribution in [3.05, 3.63) is 29.8 Å². The summed E-state index contributed by atoms with van der Waals surface area (Å²) in [4.78, 5) is 27.3. The minimum Gasteiger partial charge on any atom is -0.507 e. The van der Waals surface area contributed by atoms with E-state index >= 15 is 0 Å². The van der Waals surface area contributed by atoms with Crippen LogP contribution in [0.4, 0.5) is 0 Å². The highest BCUT2D eigenvalue weighted by Crippen LogP contribution is 2.18. The Morgan fingerprint density at radius 2 is 1.67 bits per heavy atom. The number of carbonyl (C=O) groups is 2. The third-order valence-electron chi connectivity index (χ3n) is 3.40. The Labute approximate surface area is 129 Å². The number of piperazine rings is 1. The van der Waals surface area contributed by atoms with Gasteiger partial charge in [-0.25, -0.2) is 0 Å². The minimum absolute atomic E-state index is 0. The number of nitrogens with zero attached hydrogens (tertiary/aromatic N) is 2. The molecule has 0 spiro atoms. The molecule has 1 aliphatic heterocycles. The second kappa shape index (κ2) is 7.28. The van der Waals surface area contributed by atoms with E-state index in [1.807, 2.05) is 0 Å². The van der Waals surface area contributed by atoms with Crippen molar-refractivity contribution >= 4 is 24.2 Å². The Kier molecular flexibility index (Phi) is 5.99. The number of benzene rings is 1. The lowest BCUT2D eigenvalue weighted by Crippen LogP contribution is -2.53. The molecule has 0 radical (unpaired) electrons. The molecule has 0 aliphatic carbocycles. The van der Waals surface area contributed by atoms with Gasteiger partial charge in [-0.3, -0.25) is 9.59 Å². The molecule has 0 saturated carbocycles. The molecule has 1 heterocycles. The van der Waals surface area contributed by atoms with E-state index in [9.17, 15) is 14.7 Å². The summed E-state index contributed by atoms with van der Waals surface area (Å²) in [7, 11) is 0.